The summed E-state index contributed by atoms with van der Waals surface area (Å²) < 4.78 is 0. The first kappa shape index (κ1) is 15.7. The Bertz CT molecular complexity index is 575. The van der Waals surface area contributed by atoms with Crippen LogP contribution in [0.2, 0.25) is 0 Å². The number of hydrogen-bond donors (Lipinski definition) is 2. The molecule has 0 bridgehead atoms. The van der Waals surface area contributed by atoms with Crippen molar-refractivity contribution in [1.82, 2.24) is 0 Å². The standard InChI is InChI=1S/C21H30O2/c1-4-21(23)12-9-18-16-6-5-14-13-15(22)7-10-19(14,2)17(16)8-11-20(18,21)3/h1,7,10,14-18,22-23H,5-6,8-9,11-13H2,2-3H3/t14?,15-,16+,17-,18-,19-,20-,21-/m0/s1. The molecule has 4 aliphatic rings. The van der Waals surface area contributed by atoms with Crippen molar-refractivity contribution in [2.75, 3.05) is 0 Å². The van der Waals surface area contributed by atoms with Crippen LogP contribution >= 0.6 is 0 Å². The molecule has 0 heterocycles. The van der Waals surface area contributed by atoms with E-state index < -0.39 is 5.60 Å². The average molecular weight is 314 g/mol. The molecule has 0 aliphatic heterocycles. The molecule has 0 saturated heterocycles. The van der Waals surface area contributed by atoms with Gasteiger partial charge in [-0.2, -0.15) is 0 Å². The van der Waals surface area contributed by atoms with E-state index >= 15 is 0 Å². The first-order valence-corrected chi connectivity index (χ1v) is 9.42. The van der Waals surface area contributed by atoms with Gasteiger partial charge in [-0.1, -0.05) is 31.9 Å². The van der Waals surface area contributed by atoms with Crippen molar-refractivity contribution in [3.8, 4) is 12.3 Å². The Balaban J connectivity index is 1.68. The second kappa shape index (κ2) is 4.87. The van der Waals surface area contributed by atoms with Crippen LogP contribution in [-0.2, 0) is 0 Å². The summed E-state index contributed by atoms with van der Waals surface area (Å²) >= 11 is 0. The molecule has 3 fully saturated rings. The SMILES string of the molecule is C#C[C@]1(O)CC[C@H]2[C@@H]3CCC4C[C@@H](O)C=C[C@]4(C)[C@H]3CC[C@@]21C. The summed E-state index contributed by atoms with van der Waals surface area (Å²) in [5, 5.41) is 21.0. The van der Waals surface area contributed by atoms with Crippen LogP contribution in [0.15, 0.2) is 12.2 Å². The van der Waals surface area contributed by atoms with Crippen LogP contribution in [0.25, 0.3) is 0 Å². The second-order valence-corrected chi connectivity index (χ2v) is 9.18. The van der Waals surface area contributed by atoms with Gasteiger partial charge in [0.05, 0.1) is 6.10 Å². The third kappa shape index (κ3) is 1.90. The molecule has 0 aromatic heterocycles. The lowest BCUT2D eigenvalue weighted by molar-refractivity contribution is -0.118. The zero-order chi connectivity index (χ0) is 16.5. The van der Waals surface area contributed by atoms with Gasteiger partial charge in [0.15, 0.2) is 0 Å². The van der Waals surface area contributed by atoms with E-state index in [4.69, 9.17) is 6.42 Å². The van der Waals surface area contributed by atoms with Crippen molar-refractivity contribution in [2.45, 2.75) is 70.5 Å². The Morgan fingerprint density at radius 3 is 2.57 bits per heavy atom. The Hall–Kier alpha value is -0.780. The highest BCUT2D eigenvalue weighted by atomic mass is 16.3. The van der Waals surface area contributed by atoms with Gasteiger partial charge in [-0.15, -0.1) is 6.42 Å². The Labute approximate surface area is 140 Å². The predicted octanol–water partition coefficient (Wildman–Crippen LogP) is 3.53. The van der Waals surface area contributed by atoms with Crippen LogP contribution in [0.4, 0.5) is 0 Å². The quantitative estimate of drug-likeness (QED) is 0.530. The number of fused-ring (bicyclic) bond motifs is 5. The number of rotatable bonds is 0. The summed E-state index contributed by atoms with van der Waals surface area (Å²) in [7, 11) is 0. The highest BCUT2D eigenvalue weighted by Crippen LogP contribution is 2.67. The first-order valence-electron chi connectivity index (χ1n) is 9.42. The van der Waals surface area contributed by atoms with E-state index in [0.717, 1.165) is 32.1 Å². The van der Waals surface area contributed by atoms with Gasteiger partial charge in [0.25, 0.3) is 0 Å². The van der Waals surface area contributed by atoms with Crippen LogP contribution in [0.1, 0.15) is 58.8 Å². The molecule has 1 unspecified atom stereocenters. The number of terminal acetylenes is 1. The maximum absolute atomic E-state index is 11.0. The molecular weight excluding hydrogens is 284 g/mol. The van der Waals surface area contributed by atoms with Crippen molar-refractivity contribution >= 4 is 0 Å². The normalized spacial score (nSPS) is 58.0. The Kier molecular flexibility index (Phi) is 3.33. The summed E-state index contributed by atoms with van der Waals surface area (Å²) in [5.74, 6) is 5.29. The minimum atomic E-state index is -0.904. The van der Waals surface area contributed by atoms with E-state index in [2.05, 4.69) is 25.8 Å². The molecule has 126 valence electrons. The van der Waals surface area contributed by atoms with Crippen LogP contribution in [0.3, 0.4) is 0 Å². The van der Waals surface area contributed by atoms with E-state index in [-0.39, 0.29) is 16.9 Å². The lowest BCUT2D eigenvalue weighted by Gasteiger charge is -2.59. The van der Waals surface area contributed by atoms with Gasteiger partial charge in [0.1, 0.15) is 5.60 Å². The molecule has 23 heavy (non-hydrogen) atoms. The summed E-state index contributed by atoms with van der Waals surface area (Å²) in [5.41, 5.74) is -0.788. The molecule has 4 aliphatic carbocycles. The Morgan fingerprint density at radius 2 is 1.83 bits per heavy atom. The van der Waals surface area contributed by atoms with E-state index in [1.807, 2.05) is 6.08 Å². The topological polar surface area (TPSA) is 40.5 Å². The van der Waals surface area contributed by atoms with E-state index in [0.29, 0.717) is 23.7 Å². The van der Waals surface area contributed by atoms with Crippen molar-refractivity contribution in [3.05, 3.63) is 12.2 Å². The molecular formula is C21H30O2. The molecule has 0 radical (unpaired) electrons. The molecule has 0 aromatic carbocycles. The lowest BCUT2D eigenvalue weighted by atomic mass is 9.45. The highest BCUT2D eigenvalue weighted by molar-refractivity contribution is 5.25. The number of aliphatic hydroxyl groups excluding tert-OH is 1. The monoisotopic (exact) mass is 314 g/mol. The van der Waals surface area contributed by atoms with Crippen LogP contribution in [-0.4, -0.2) is 21.9 Å². The van der Waals surface area contributed by atoms with Crippen molar-refractivity contribution < 1.29 is 10.2 Å². The molecule has 0 aromatic rings. The zero-order valence-corrected chi connectivity index (χ0v) is 14.5. The van der Waals surface area contributed by atoms with Gasteiger partial charge in [-0.05, 0) is 74.0 Å². The summed E-state index contributed by atoms with van der Waals surface area (Å²) in [6.45, 7) is 4.66. The minimum absolute atomic E-state index is 0.107. The van der Waals surface area contributed by atoms with Gasteiger partial charge < -0.3 is 10.2 Å². The zero-order valence-electron chi connectivity index (χ0n) is 14.5. The summed E-state index contributed by atoms with van der Waals surface area (Å²) in [4.78, 5) is 0. The summed E-state index contributed by atoms with van der Waals surface area (Å²) in [6.07, 6.45) is 17.3. The second-order valence-electron chi connectivity index (χ2n) is 9.18. The van der Waals surface area contributed by atoms with Crippen LogP contribution in [0, 0.1) is 46.8 Å². The maximum atomic E-state index is 11.0. The van der Waals surface area contributed by atoms with Gasteiger partial charge in [-0.25, -0.2) is 0 Å². The van der Waals surface area contributed by atoms with E-state index in [9.17, 15) is 10.2 Å². The summed E-state index contributed by atoms with van der Waals surface area (Å²) in [6, 6.07) is 0. The number of hydrogen-bond acceptors (Lipinski definition) is 2. The molecule has 4 rings (SSSR count). The van der Waals surface area contributed by atoms with Gasteiger partial charge in [-0.3, -0.25) is 0 Å². The molecule has 0 amide bonds. The third-order valence-electron chi connectivity index (χ3n) is 8.56. The fourth-order valence-electron chi connectivity index (χ4n) is 7.04. The fraction of sp³-hybridized carbons (Fsp3) is 0.810. The van der Waals surface area contributed by atoms with Crippen molar-refractivity contribution in [1.29, 1.82) is 0 Å². The number of aliphatic hydroxyl groups is 2. The molecule has 2 heteroatoms. The van der Waals surface area contributed by atoms with Crippen LogP contribution < -0.4 is 0 Å². The van der Waals surface area contributed by atoms with Crippen molar-refractivity contribution in [3.63, 3.8) is 0 Å². The minimum Gasteiger partial charge on any atom is -0.389 e. The molecule has 2 nitrogen and oxygen atoms in total. The highest BCUT2D eigenvalue weighted by Gasteiger charge is 2.63. The smallest absolute Gasteiger partial charge is 0.130 e. The van der Waals surface area contributed by atoms with Crippen molar-refractivity contribution in [2.24, 2.45) is 34.5 Å². The van der Waals surface area contributed by atoms with Gasteiger partial charge in [0, 0.05) is 5.41 Å². The fourth-order valence-corrected chi connectivity index (χ4v) is 7.04. The molecule has 0 spiro atoms. The predicted molar refractivity (Wildman–Crippen MR) is 91.4 cm³/mol. The average Bonchev–Trinajstić information content (AvgIpc) is 2.80. The molecule has 2 N–H and O–H groups in total. The molecule has 8 atom stereocenters. The lowest BCUT2D eigenvalue weighted by Crippen LogP contribution is -2.55. The van der Waals surface area contributed by atoms with E-state index in [1.165, 1.54) is 12.8 Å². The number of allylic oxidation sites excluding steroid dienone is 1. The van der Waals surface area contributed by atoms with Gasteiger partial charge >= 0.3 is 0 Å². The largest absolute Gasteiger partial charge is 0.389 e. The first-order chi connectivity index (χ1) is 10.8. The van der Waals surface area contributed by atoms with Gasteiger partial charge in [0.2, 0.25) is 0 Å². The molecule has 3 saturated carbocycles. The third-order valence-corrected chi connectivity index (χ3v) is 8.56. The Morgan fingerprint density at radius 1 is 1.09 bits per heavy atom. The maximum Gasteiger partial charge on any atom is 0.130 e. The van der Waals surface area contributed by atoms with E-state index in [1.54, 1.807) is 0 Å². The van der Waals surface area contributed by atoms with Crippen LogP contribution in [0.5, 0.6) is 0 Å².